The lowest BCUT2D eigenvalue weighted by Gasteiger charge is -2.39. The third-order valence-electron chi connectivity index (χ3n) is 4.17. The van der Waals surface area contributed by atoms with Gasteiger partial charge in [0.2, 0.25) is 0 Å². The smallest absolute Gasteiger partial charge is 0.321 e. The van der Waals surface area contributed by atoms with Gasteiger partial charge < -0.3 is 5.11 Å². The lowest BCUT2D eigenvalue weighted by molar-refractivity contribution is -0.139. The van der Waals surface area contributed by atoms with Crippen LogP contribution in [0.5, 0.6) is 0 Å². The molecule has 0 aromatic heterocycles. The summed E-state index contributed by atoms with van der Waals surface area (Å²) in [6, 6.07) is 10.1. The number of aliphatic carboxylic acids is 1. The van der Waals surface area contributed by atoms with Crippen molar-refractivity contribution < 1.29 is 9.90 Å². The van der Waals surface area contributed by atoms with Crippen LogP contribution in [0.1, 0.15) is 18.4 Å². The third-order valence-corrected chi connectivity index (χ3v) is 5.75. The summed E-state index contributed by atoms with van der Waals surface area (Å²) in [4.78, 5) is 13.5. The number of nitrogens with one attached hydrogen (secondary N) is 1. The number of hydrogen-bond acceptors (Lipinski definition) is 4. The van der Waals surface area contributed by atoms with Crippen molar-refractivity contribution in [1.29, 1.82) is 0 Å². The zero-order valence-electron chi connectivity index (χ0n) is 11.4. The number of thioether (sulfide) groups is 1. The first-order valence-electron chi connectivity index (χ1n) is 7.08. The van der Waals surface area contributed by atoms with Crippen LogP contribution < -0.4 is 5.32 Å². The Balaban J connectivity index is 1.54. The Morgan fingerprint density at radius 2 is 2.05 bits per heavy atom. The highest BCUT2D eigenvalue weighted by Gasteiger charge is 2.43. The molecule has 108 valence electrons. The number of hydrogen-bond donors (Lipinski definition) is 2. The standard InChI is InChI=1S/C15H20N2O2S/c18-14(19)13-11-20-15(16-13)6-8-17(9-7-15)10-12-4-2-1-3-5-12/h1-5,13,16H,6-11H2,(H,18,19)/t13-/m0/s1. The van der Waals surface area contributed by atoms with Crippen LogP contribution in [0.2, 0.25) is 0 Å². The second-order valence-electron chi connectivity index (χ2n) is 5.60. The number of likely N-dealkylation sites (tertiary alicyclic amines) is 1. The molecule has 0 aliphatic carbocycles. The van der Waals surface area contributed by atoms with Crippen LogP contribution in [0.3, 0.4) is 0 Å². The van der Waals surface area contributed by atoms with E-state index in [1.165, 1.54) is 5.56 Å². The molecule has 0 amide bonds. The minimum atomic E-state index is -0.721. The summed E-state index contributed by atoms with van der Waals surface area (Å²) in [5, 5.41) is 12.4. The summed E-state index contributed by atoms with van der Waals surface area (Å²) < 4.78 is 0. The van der Waals surface area contributed by atoms with Gasteiger partial charge in [-0.2, -0.15) is 0 Å². The van der Waals surface area contributed by atoms with Gasteiger partial charge in [-0.25, -0.2) is 0 Å². The maximum Gasteiger partial charge on any atom is 0.321 e. The SMILES string of the molecule is O=C(O)[C@@H]1CSC2(CCN(Cc3ccccc3)CC2)N1. The molecule has 2 aliphatic rings. The molecule has 2 N–H and O–H groups in total. The Bertz CT molecular complexity index is 472. The first kappa shape index (κ1) is 13.9. The number of benzene rings is 1. The molecule has 3 rings (SSSR count). The number of rotatable bonds is 3. The molecular formula is C15H20N2O2S. The highest BCUT2D eigenvalue weighted by Crippen LogP contribution is 2.39. The largest absolute Gasteiger partial charge is 0.480 e. The Kier molecular flexibility index (Phi) is 4.01. The van der Waals surface area contributed by atoms with Crippen LogP contribution in [0.25, 0.3) is 0 Å². The Morgan fingerprint density at radius 1 is 1.35 bits per heavy atom. The fourth-order valence-electron chi connectivity index (χ4n) is 2.98. The van der Waals surface area contributed by atoms with Crippen molar-refractivity contribution in [3.05, 3.63) is 35.9 Å². The van der Waals surface area contributed by atoms with Crippen LogP contribution >= 0.6 is 11.8 Å². The van der Waals surface area contributed by atoms with E-state index < -0.39 is 5.97 Å². The molecule has 1 spiro atoms. The summed E-state index contributed by atoms with van der Waals surface area (Å²) >= 11 is 1.79. The molecule has 2 heterocycles. The van der Waals surface area contributed by atoms with E-state index in [0.29, 0.717) is 5.75 Å². The van der Waals surface area contributed by atoms with Crippen molar-refractivity contribution in [3.8, 4) is 0 Å². The molecule has 0 radical (unpaired) electrons. The molecule has 2 saturated heterocycles. The van der Waals surface area contributed by atoms with Crippen molar-refractivity contribution >= 4 is 17.7 Å². The number of nitrogens with zero attached hydrogens (tertiary/aromatic N) is 1. The molecule has 2 aliphatic heterocycles. The average molecular weight is 292 g/mol. The van der Waals surface area contributed by atoms with Crippen LogP contribution in [0, 0.1) is 0 Å². The first-order chi connectivity index (χ1) is 9.67. The molecule has 1 aromatic carbocycles. The topological polar surface area (TPSA) is 52.6 Å². The third kappa shape index (κ3) is 3.00. The van der Waals surface area contributed by atoms with Crippen molar-refractivity contribution in [2.24, 2.45) is 0 Å². The highest BCUT2D eigenvalue weighted by atomic mass is 32.2. The van der Waals surface area contributed by atoms with Gasteiger partial charge in [-0.1, -0.05) is 30.3 Å². The maximum absolute atomic E-state index is 11.0. The van der Waals surface area contributed by atoms with Crippen molar-refractivity contribution in [3.63, 3.8) is 0 Å². The molecular weight excluding hydrogens is 272 g/mol. The van der Waals surface area contributed by atoms with Gasteiger partial charge in [0.05, 0.1) is 4.87 Å². The minimum absolute atomic E-state index is 0.00373. The van der Waals surface area contributed by atoms with Gasteiger partial charge in [0.1, 0.15) is 6.04 Å². The summed E-state index contributed by atoms with van der Waals surface area (Å²) in [6.07, 6.45) is 2.04. The van der Waals surface area contributed by atoms with Crippen LogP contribution in [-0.4, -0.2) is 45.7 Å². The van der Waals surface area contributed by atoms with Crippen molar-refractivity contribution in [2.45, 2.75) is 30.3 Å². The van der Waals surface area contributed by atoms with Gasteiger partial charge in [0.25, 0.3) is 0 Å². The van der Waals surface area contributed by atoms with Crippen LogP contribution in [0.4, 0.5) is 0 Å². The lowest BCUT2D eigenvalue weighted by Crippen LogP contribution is -2.51. The van der Waals surface area contributed by atoms with Crippen molar-refractivity contribution in [2.75, 3.05) is 18.8 Å². The molecule has 0 saturated carbocycles. The summed E-state index contributed by atoms with van der Waals surface area (Å²) in [5.74, 6) is -0.0327. The Morgan fingerprint density at radius 3 is 2.65 bits per heavy atom. The van der Waals surface area contributed by atoms with E-state index >= 15 is 0 Å². The van der Waals surface area contributed by atoms with Gasteiger partial charge in [-0.3, -0.25) is 15.0 Å². The number of carboxylic acids is 1. The van der Waals surface area contributed by atoms with E-state index in [1.807, 2.05) is 6.07 Å². The zero-order chi connectivity index (χ0) is 14.0. The molecule has 4 nitrogen and oxygen atoms in total. The van der Waals surface area contributed by atoms with Crippen LogP contribution in [-0.2, 0) is 11.3 Å². The predicted molar refractivity (Wildman–Crippen MR) is 80.7 cm³/mol. The molecule has 1 aromatic rings. The molecule has 2 fully saturated rings. The van der Waals surface area contributed by atoms with Gasteiger partial charge in [0, 0.05) is 25.4 Å². The zero-order valence-corrected chi connectivity index (χ0v) is 12.2. The average Bonchev–Trinajstić information content (AvgIpc) is 2.87. The quantitative estimate of drug-likeness (QED) is 0.889. The van der Waals surface area contributed by atoms with E-state index in [9.17, 15) is 4.79 Å². The highest BCUT2D eigenvalue weighted by molar-refractivity contribution is 8.01. The minimum Gasteiger partial charge on any atom is -0.480 e. The monoisotopic (exact) mass is 292 g/mol. The lowest BCUT2D eigenvalue weighted by atomic mass is 10.0. The first-order valence-corrected chi connectivity index (χ1v) is 8.06. The number of carboxylic acid groups (broad SMARTS) is 1. The summed E-state index contributed by atoms with van der Waals surface area (Å²) in [7, 11) is 0. The van der Waals surface area contributed by atoms with E-state index in [2.05, 4.69) is 34.5 Å². The van der Waals surface area contributed by atoms with E-state index in [0.717, 1.165) is 32.5 Å². The number of carbonyl (C=O) groups is 1. The van der Waals surface area contributed by atoms with E-state index in [1.54, 1.807) is 11.8 Å². The fourth-order valence-corrected chi connectivity index (χ4v) is 4.39. The second-order valence-corrected chi connectivity index (χ2v) is 7.01. The molecule has 0 unspecified atom stereocenters. The van der Waals surface area contributed by atoms with Gasteiger partial charge in [0.15, 0.2) is 0 Å². The molecule has 5 heteroatoms. The Hall–Kier alpha value is -1.04. The van der Waals surface area contributed by atoms with Gasteiger partial charge in [-0.15, -0.1) is 11.8 Å². The second kappa shape index (κ2) is 5.76. The van der Waals surface area contributed by atoms with Gasteiger partial charge in [-0.05, 0) is 18.4 Å². The number of piperidine rings is 1. The fraction of sp³-hybridized carbons (Fsp3) is 0.533. The van der Waals surface area contributed by atoms with Crippen LogP contribution in [0.15, 0.2) is 30.3 Å². The molecule has 1 atom stereocenters. The maximum atomic E-state index is 11.0. The molecule has 20 heavy (non-hydrogen) atoms. The Labute approximate surface area is 123 Å². The van der Waals surface area contributed by atoms with E-state index in [4.69, 9.17) is 5.11 Å². The normalized spacial score (nSPS) is 25.9. The van der Waals surface area contributed by atoms with E-state index in [-0.39, 0.29) is 10.9 Å². The predicted octanol–water partition coefficient (Wildman–Crippen LogP) is 1.77. The van der Waals surface area contributed by atoms with Crippen molar-refractivity contribution in [1.82, 2.24) is 10.2 Å². The summed E-state index contributed by atoms with van der Waals surface area (Å²) in [5.41, 5.74) is 1.35. The van der Waals surface area contributed by atoms with Gasteiger partial charge >= 0.3 is 5.97 Å². The molecule has 0 bridgehead atoms. The summed E-state index contributed by atoms with van der Waals surface area (Å²) in [6.45, 7) is 3.05.